The Morgan fingerprint density at radius 3 is 2.56 bits per heavy atom. The molecular weight excluding hydrogens is 135 g/mol. The van der Waals surface area contributed by atoms with Crippen molar-refractivity contribution >= 4 is 13.3 Å². The van der Waals surface area contributed by atoms with Crippen molar-refractivity contribution in [2.75, 3.05) is 0 Å². The van der Waals surface area contributed by atoms with Crippen LogP contribution in [0, 0.1) is 6.07 Å². The molecule has 0 saturated heterocycles. The largest absolute Gasteiger partial charge is 0.288 e. The molecule has 0 spiro atoms. The Labute approximate surface area is 54.0 Å². The van der Waals surface area contributed by atoms with Crippen LogP contribution in [0.1, 0.15) is 0 Å². The zero-order chi connectivity index (χ0) is 6.69. The van der Waals surface area contributed by atoms with E-state index in [1.807, 2.05) is 0 Å². The van der Waals surface area contributed by atoms with Gasteiger partial charge in [0.25, 0.3) is 8.03 Å². The first-order valence-electron chi connectivity index (χ1n) is 2.49. The van der Waals surface area contributed by atoms with Gasteiger partial charge in [-0.2, -0.15) is 4.89 Å². The Kier molecular flexibility index (Phi) is 2.04. The lowest BCUT2D eigenvalue weighted by atomic mass is 10.4. The summed E-state index contributed by atoms with van der Waals surface area (Å²) in [5, 5.41) is 0.280. The summed E-state index contributed by atoms with van der Waals surface area (Å²) in [6, 6.07) is 9.09. The van der Waals surface area contributed by atoms with Gasteiger partial charge in [-0.15, -0.1) is 0 Å². The zero-order valence-electron chi connectivity index (χ0n) is 4.63. The number of rotatable bonds is 1. The normalized spacial score (nSPS) is 13.0. The average Bonchev–Trinajstić information content (AvgIpc) is 1.90. The first-order valence-corrected chi connectivity index (χ1v) is 3.80. The molecule has 1 rings (SSSR count). The number of benzene rings is 1. The van der Waals surface area contributed by atoms with Crippen LogP contribution in [0.25, 0.3) is 0 Å². The molecule has 1 unspecified atom stereocenters. The molecule has 1 atom stereocenters. The minimum Gasteiger partial charge on any atom is -0.288 e. The average molecular weight is 140 g/mol. The summed E-state index contributed by atoms with van der Waals surface area (Å²) in [6.45, 7) is 0. The van der Waals surface area contributed by atoms with Crippen LogP contribution in [0.3, 0.4) is 0 Å². The number of hydrogen-bond acceptors (Lipinski definition) is 1. The van der Waals surface area contributed by atoms with Crippen LogP contribution < -0.4 is 5.30 Å². The van der Waals surface area contributed by atoms with Crippen LogP contribution in [0.5, 0.6) is 0 Å². The lowest BCUT2D eigenvalue weighted by Gasteiger charge is -1.87. The first kappa shape index (κ1) is 6.53. The first-order chi connectivity index (χ1) is 4.30. The summed E-state index contributed by atoms with van der Waals surface area (Å²) in [4.78, 5) is 10.2. The van der Waals surface area contributed by atoms with Gasteiger partial charge in [-0.1, -0.05) is 18.2 Å². The predicted molar refractivity (Wildman–Crippen MR) is 34.6 cm³/mol. The fourth-order valence-corrected chi connectivity index (χ4v) is 0.954. The second-order valence-corrected chi connectivity index (χ2v) is 2.68. The van der Waals surface area contributed by atoms with E-state index < -0.39 is 8.03 Å². The van der Waals surface area contributed by atoms with Gasteiger partial charge in [0, 0.05) is 5.30 Å². The smallest absolute Gasteiger partial charge is 0.253 e. The highest BCUT2D eigenvalue weighted by atomic mass is 31.1. The van der Waals surface area contributed by atoms with Gasteiger partial charge in [0.1, 0.15) is 0 Å². The molecule has 2 nitrogen and oxygen atoms in total. The van der Waals surface area contributed by atoms with Gasteiger partial charge in [-0.3, -0.25) is 4.57 Å². The monoisotopic (exact) mass is 140 g/mol. The van der Waals surface area contributed by atoms with Crippen molar-refractivity contribution in [3.8, 4) is 0 Å². The van der Waals surface area contributed by atoms with Crippen molar-refractivity contribution in [1.82, 2.24) is 0 Å². The zero-order valence-corrected chi connectivity index (χ0v) is 5.63. The van der Waals surface area contributed by atoms with Crippen LogP contribution in [-0.4, -0.2) is 0 Å². The molecule has 1 aromatic rings. The summed E-state index contributed by atoms with van der Waals surface area (Å²) in [7, 11) is -2.77. The SMILES string of the molecule is [O][PH](=O)c1[c]cccc1. The third kappa shape index (κ3) is 1.67. The summed E-state index contributed by atoms with van der Waals surface area (Å²) in [6.07, 6.45) is 0. The highest BCUT2D eigenvalue weighted by Gasteiger charge is 1.95. The molecule has 0 fully saturated rings. The molecule has 0 amide bonds. The van der Waals surface area contributed by atoms with Gasteiger partial charge < -0.3 is 0 Å². The lowest BCUT2D eigenvalue weighted by molar-refractivity contribution is 0.444. The van der Waals surface area contributed by atoms with Crippen LogP contribution in [0.4, 0.5) is 0 Å². The highest BCUT2D eigenvalue weighted by molar-refractivity contribution is 7.47. The van der Waals surface area contributed by atoms with Crippen molar-refractivity contribution in [2.24, 2.45) is 0 Å². The summed E-state index contributed by atoms with van der Waals surface area (Å²) >= 11 is 0. The molecule has 1 aromatic carbocycles. The molecule has 0 saturated carbocycles. The molecule has 9 heavy (non-hydrogen) atoms. The quantitative estimate of drug-likeness (QED) is 0.536. The molecule has 2 radical (unpaired) electrons. The van der Waals surface area contributed by atoms with Crippen molar-refractivity contribution < 1.29 is 9.46 Å². The summed E-state index contributed by atoms with van der Waals surface area (Å²) in [5.41, 5.74) is 0. The van der Waals surface area contributed by atoms with E-state index in [9.17, 15) is 9.46 Å². The third-order valence-corrected chi connectivity index (χ3v) is 1.68. The van der Waals surface area contributed by atoms with Gasteiger partial charge in [0.15, 0.2) is 0 Å². The van der Waals surface area contributed by atoms with E-state index in [1.54, 1.807) is 18.2 Å². The van der Waals surface area contributed by atoms with Gasteiger partial charge in [0.2, 0.25) is 0 Å². The predicted octanol–water partition coefficient (Wildman–Crippen LogP) is 1.02. The standard InChI is InChI=1S/C6H5O2P/c7-9(8)6-4-2-1-3-5-6/h1-4,9H. The van der Waals surface area contributed by atoms with Crippen molar-refractivity contribution in [3.05, 3.63) is 30.3 Å². The minimum atomic E-state index is -2.77. The van der Waals surface area contributed by atoms with Crippen LogP contribution >= 0.6 is 8.03 Å². The maximum atomic E-state index is 10.2. The Hall–Kier alpha value is -0.590. The molecule has 0 bridgehead atoms. The topological polar surface area (TPSA) is 37.0 Å². The summed E-state index contributed by atoms with van der Waals surface area (Å²) in [5.74, 6) is 0. The fourth-order valence-electron chi connectivity index (χ4n) is 0.520. The second-order valence-electron chi connectivity index (χ2n) is 1.56. The van der Waals surface area contributed by atoms with Crippen molar-refractivity contribution in [3.63, 3.8) is 0 Å². The van der Waals surface area contributed by atoms with Gasteiger partial charge >= 0.3 is 0 Å². The molecule has 0 aliphatic carbocycles. The minimum absolute atomic E-state index is 0.280. The van der Waals surface area contributed by atoms with Crippen molar-refractivity contribution in [1.29, 1.82) is 0 Å². The van der Waals surface area contributed by atoms with E-state index in [4.69, 9.17) is 0 Å². The van der Waals surface area contributed by atoms with Gasteiger partial charge in [-0.05, 0) is 12.1 Å². The van der Waals surface area contributed by atoms with Crippen LogP contribution in [0.2, 0.25) is 0 Å². The molecule has 3 heteroatoms. The molecule has 0 aliphatic heterocycles. The van der Waals surface area contributed by atoms with E-state index in [2.05, 4.69) is 6.07 Å². The Balaban J connectivity index is 2.98. The molecule has 0 aromatic heterocycles. The van der Waals surface area contributed by atoms with E-state index in [-0.39, 0.29) is 5.30 Å². The molecule has 0 aliphatic rings. The molecule has 0 heterocycles. The van der Waals surface area contributed by atoms with E-state index in [1.165, 1.54) is 6.07 Å². The van der Waals surface area contributed by atoms with Crippen molar-refractivity contribution in [2.45, 2.75) is 0 Å². The Morgan fingerprint density at radius 2 is 2.22 bits per heavy atom. The molecule has 0 N–H and O–H groups in total. The van der Waals surface area contributed by atoms with Gasteiger partial charge in [0.05, 0.1) is 0 Å². The molecular formula is C6H5O2P. The Bertz CT molecular complexity index is 208. The van der Waals surface area contributed by atoms with Crippen LogP contribution in [-0.2, 0) is 9.46 Å². The maximum absolute atomic E-state index is 10.2. The van der Waals surface area contributed by atoms with Gasteiger partial charge in [-0.25, -0.2) is 0 Å². The van der Waals surface area contributed by atoms with E-state index in [0.29, 0.717) is 0 Å². The van der Waals surface area contributed by atoms with E-state index >= 15 is 0 Å². The maximum Gasteiger partial charge on any atom is 0.253 e. The molecule has 46 valence electrons. The second kappa shape index (κ2) is 2.81. The number of hydrogen-bond donors (Lipinski definition) is 0. The highest BCUT2D eigenvalue weighted by Crippen LogP contribution is 2.11. The van der Waals surface area contributed by atoms with E-state index in [0.717, 1.165) is 0 Å². The fraction of sp³-hybridized carbons (Fsp3) is 0. The lowest BCUT2D eigenvalue weighted by Crippen LogP contribution is -1.91. The third-order valence-electron chi connectivity index (χ3n) is 0.929. The van der Waals surface area contributed by atoms with Crippen LogP contribution in [0.15, 0.2) is 24.3 Å². The Morgan fingerprint density at radius 1 is 1.44 bits per heavy atom. The summed E-state index contributed by atoms with van der Waals surface area (Å²) < 4.78 is 10.2.